The molecule has 0 fully saturated rings. The van der Waals surface area contributed by atoms with Gasteiger partial charge in [-0.2, -0.15) is 4.68 Å². The van der Waals surface area contributed by atoms with E-state index >= 15 is 0 Å². The second-order valence-electron chi connectivity index (χ2n) is 3.65. The second kappa shape index (κ2) is 3.57. The molecule has 1 aromatic heterocycles. The Morgan fingerprint density at radius 2 is 2.21 bits per heavy atom. The Balaban J connectivity index is 2.75. The van der Waals surface area contributed by atoms with Crippen LogP contribution >= 0.6 is 0 Å². The largest absolute Gasteiger partial charge is 0.442 e. The van der Waals surface area contributed by atoms with Crippen LogP contribution in [0.1, 0.15) is 31.4 Å². The molecule has 1 rings (SSSR count). The molecule has 0 N–H and O–H groups in total. The van der Waals surface area contributed by atoms with E-state index in [0.29, 0.717) is 6.29 Å². The summed E-state index contributed by atoms with van der Waals surface area (Å²) in [5.74, 6) is -0.0455. The molecule has 0 atom stereocenters. The molecule has 0 aliphatic rings. The Labute approximate surface area is 80.9 Å². The van der Waals surface area contributed by atoms with Crippen LogP contribution in [-0.4, -0.2) is 32.7 Å². The molecule has 0 aliphatic heterocycles. The monoisotopic (exact) mass is 197 g/mol. The zero-order chi connectivity index (χ0) is 10.8. The van der Waals surface area contributed by atoms with Crippen molar-refractivity contribution in [3.63, 3.8) is 0 Å². The Morgan fingerprint density at radius 1 is 1.57 bits per heavy atom. The number of carbonyl (C=O) groups excluding carboxylic acids is 2. The lowest BCUT2D eigenvalue weighted by Crippen LogP contribution is -2.27. The highest BCUT2D eigenvalue weighted by molar-refractivity contribution is 5.72. The molecule has 0 saturated carbocycles. The number of aromatic nitrogens is 3. The summed E-state index contributed by atoms with van der Waals surface area (Å²) in [7, 11) is 0. The van der Waals surface area contributed by atoms with E-state index in [1.54, 1.807) is 20.8 Å². The topological polar surface area (TPSA) is 74.1 Å². The first-order valence-corrected chi connectivity index (χ1v) is 4.02. The quantitative estimate of drug-likeness (QED) is 0.624. The minimum Gasteiger partial charge on any atom is -0.442 e. The molecule has 14 heavy (non-hydrogen) atoms. The summed E-state index contributed by atoms with van der Waals surface area (Å²) in [5, 5.41) is 3.58. The van der Waals surface area contributed by atoms with E-state index in [1.165, 1.54) is 0 Å². The third kappa shape index (κ3) is 2.65. The normalized spacial score (nSPS) is 11.1. The number of ether oxygens (including phenoxy) is 1. The molecule has 1 heterocycles. The molecule has 0 unspecified atom stereocenters. The van der Waals surface area contributed by atoms with Gasteiger partial charge in [-0.05, 0) is 20.8 Å². The Morgan fingerprint density at radius 3 is 2.64 bits per heavy atom. The maximum atomic E-state index is 11.3. The standard InChI is InChI=1S/C8H11N3O3/c1-8(2,3)14-7(13)11-5-9-6(4-12)10-11/h4-5H,1-3H3. The molecule has 0 radical (unpaired) electrons. The van der Waals surface area contributed by atoms with Gasteiger partial charge in [-0.3, -0.25) is 4.79 Å². The molecular formula is C8H11N3O3. The second-order valence-corrected chi connectivity index (χ2v) is 3.65. The predicted octanol–water partition coefficient (Wildman–Crippen LogP) is 0.874. The first-order valence-electron chi connectivity index (χ1n) is 4.02. The smallest absolute Gasteiger partial charge is 0.436 e. The average Bonchev–Trinajstić information content (AvgIpc) is 2.48. The van der Waals surface area contributed by atoms with E-state index in [0.717, 1.165) is 11.0 Å². The van der Waals surface area contributed by atoms with Crippen LogP contribution in [0.25, 0.3) is 0 Å². The highest BCUT2D eigenvalue weighted by Gasteiger charge is 2.18. The van der Waals surface area contributed by atoms with E-state index in [2.05, 4.69) is 10.1 Å². The summed E-state index contributed by atoms with van der Waals surface area (Å²) >= 11 is 0. The van der Waals surface area contributed by atoms with E-state index in [4.69, 9.17) is 4.74 Å². The van der Waals surface area contributed by atoms with Gasteiger partial charge in [0.1, 0.15) is 11.9 Å². The Bertz CT molecular complexity index is 351. The summed E-state index contributed by atoms with van der Waals surface area (Å²) in [5.41, 5.74) is -0.593. The highest BCUT2D eigenvalue weighted by Crippen LogP contribution is 2.07. The van der Waals surface area contributed by atoms with E-state index in [1.807, 2.05) is 0 Å². The molecule has 0 saturated heterocycles. The van der Waals surface area contributed by atoms with Gasteiger partial charge in [0.05, 0.1) is 0 Å². The van der Waals surface area contributed by atoms with Gasteiger partial charge in [-0.15, -0.1) is 5.10 Å². The van der Waals surface area contributed by atoms with Crippen molar-refractivity contribution in [3.05, 3.63) is 12.2 Å². The first kappa shape index (κ1) is 10.4. The minimum atomic E-state index is -0.655. The number of nitrogens with zero attached hydrogens (tertiary/aromatic N) is 3. The van der Waals surface area contributed by atoms with E-state index < -0.39 is 11.7 Å². The first-order chi connectivity index (χ1) is 6.42. The molecule has 1 aromatic rings. The van der Waals surface area contributed by atoms with Crippen LogP contribution in [0.3, 0.4) is 0 Å². The van der Waals surface area contributed by atoms with Crippen molar-refractivity contribution < 1.29 is 14.3 Å². The van der Waals surface area contributed by atoms with Gasteiger partial charge in [0.2, 0.25) is 5.82 Å². The number of hydrogen-bond acceptors (Lipinski definition) is 5. The maximum absolute atomic E-state index is 11.3. The summed E-state index contributed by atoms with van der Waals surface area (Å²) in [4.78, 5) is 25.1. The van der Waals surface area contributed by atoms with Crippen molar-refractivity contribution in [3.8, 4) is 0 Å². The van der Waals surface area contributed by atoms with Gasteiger partial charge < -0.3 is 4.74 Å². The van der Waals surface area contributed by atoms with Crippen molar-refractivity contribution in [2.45, 2.75) is 26.4 Å². The molecule has 6 heteroatoms. The van der Waals surface area contributed by atoms with Crippen LogP contribution in [-0.2, 0) is 4.74 Å². The number of aldehydes is 1. The molecule has 0 spiro atoms. The summed E-state index contributed by atoms with van der Waals surface area (Å²) in [6.07, 6.45) is 0.941. The molecule has 0 aromatic carbocycles. The summed E-state index contributed by atoms with van der Waals surface area (Å²) < 4.78 is 5.87. The molecule has 6 nitrogen and oxygen atoms in total. The van der Waals surface area contributed by atoms with Crippen molar-refractivity contribution in [2.75, 3.05) is 0 Å². The van der Waals surface area contributed by atoms with Gasteiger partial charge in [0, 0.05) is 0 Å². The van der Waals surface area contributed by atoms with Crippen molar-refractivity contribution in [2.24, 2.45) is 0 Å². The fraction of sp³-hybridized carbons (Fsp3) is 0.500. The van der Waals surface area contributed by atoms with Crippen molar-refractivity contribution >= 4 is 12.4 Å². The maximum Gasteiger partial charge on any atom is 0.436 e. The van der Waals surface area contributed by atoms with Crippen molar-refractivity contribution in [1.29, 1.82) is 0 Å². The molecule has 76 valence electrons. The lowest BCUT2D eigenvalue weighted by molar-refractivity contribution is 0.0514. The SMILES string of the molecule is CC(C)(C)OC(=O)n1cnc(C=O)n1. The van der Waals surface area contributed by atoms with E-state index in [-0.39, 0.29) is 5.82 Å². The lowest BCUT2D eigenvalue weighted by atomic mass is 10.2. The third-order valence-corrected chi connectivity index (χ3v) is 1.20. The molecular weight excluding hydrogens is 186 g/mol. The van der Waals surface area contributed by atoms with Crippen LogP contribution in [0, 0.1) is 0 Å². The molecule has 0 amide bonds. The summed E-state index contributed by atoms with van der Waals surface area (Å²) in [6, 6.07) is 0. The van der Waals surface area contributed by atoms with Gasteiger partial charge >= 0.3 is 6.09 Å². The van der Waals surface area contributed by atoms with Crippen LogP contribution in [0.4, 0.5) is 4.79 Å². The van der Waals surface area contributed by atoms with Crippen LogP contribution in [0.2, 0.25) is 0 Å². The predicted molar refractivity (Wildman–Crippen MR) is 47.0 cm³/mol. The fourth-order valence-corrected chi connectivity index (χ4v) is 0.727. The summed E-state index contributed by atoms with van der Waals surface area (Å²) in [6.45, 7) is 5.22. The van der Waals surface area contributed by atoms with E-state index in [9.17, 15) is 9.59 Å². The number of hydrogen-bond donors (Lipinski definition) is 0. The van der Waals surface area contributed by atoms with Gasteiger partial charge in [-0.25, -0.2) is 9.78 Å². The lowest BCUT2D eigenvalue weighted by Gasteiger charge is -2.18. The number of rotatable bonds is 1. The number of carbonyl (C=O) groups is 2. The molecule has 0 bridgehead atoms. The van der Waals surface area contributed by atoms with Crippen LogP contribution in [0.5, 0.6) is 0 Å². The van der Waals surface area contributed by atoms with Crippen LogP contribution in [0.15, 0.2) is 6.33 Å². The molecule has 0 aliphatic carbocycles. The van der Waals surface area contributed by atoms with Crippen LogP contribution < -0.4 is 0 Å². The van der Waals surface area contributed by atoms with Gasteiger partial charge in [0.25, 0.3) is 0 Å². The van der Waals surface area contributed by atoms with Gasteiger partial charge in [-0.1, -0.05) is 0 Å². The Hall–Kier alpha value is -1.72. The fourth-order valence-electron chi connectivity index (χ4n) is 0.727. The Kier molecular flexibility index (Phi) is 2.64. The van der Waals surface area contributed by atoms with Crippen molar-refractivity contribution in [1.82, 2.24) is 14.8 Å². The third-order valence-electron chi connectivity index (χ3n) is 1.20. The minimum absolute atomic E-state index is 0.0455. The zero-order valence-electron chi connectivity index (χ0n) is 8.22. The van der Waals surface area contributed by atoms with Gasteiger partial charge in [0.15, 0.2) is 6.29 Å². The highest BCUT2D eigenvalue weighted by atomic mass is 16.6. The zero-order valence-corrected chi connectivity index (χ0v) is 8.22. The average molecular weight is 197 g/mol.